The molecule has 0 fully saturated rings. The second kappa shape index (κ2) is 6.81. The van der Waals surface area contributed by atoms with Gasteiger partial charge in [0.05, 0.1) is 5.51 Å². The summed E-state index contributed by atoms with van der Waals surface area (Å²) in [5.74, 6) is -0.372. The monoisotopic (exact) mass is 289 g/mol. The molecule has 6 heteroatoms. The Morgan fingerprint density at radius 3 is 2.35 bits per heavy atom. The van der Waals surface area contributed by atoms with Crippen LogP contribution in [0, 0.1) is 6.92 Å². The third-order valence-electron chi connectivity index (χ3n) is 2.67. The molecule has 0 bridgehead atoms. The van der Waals surface area contributed by atoms with Crippen molar-refractivity contribution >= 4 is 23.2 Å². The van der Waals surface area contributed by atoms with E-state index in [1.807, 2.05) is 19.1 Å². The Morgan fingerprint density at radius 1 is 1.10 bits per heavy atom. The molecule has 0 saturated carbocycles. The fourth-order valence-electron chi connectivity index (χ4n) is 1.57. The number of hydrogen-bond acceptors (Lipinski definition) is 4. The van der Waals surface area contributed by atoms with Crippen LogP contribution in [-0.2, 0) is 0 Å². The van der Waals surface area contributed by atoms with Crippen LogP contribution in [0.4, 0.5) is 0 Å². The summed E-state index contributed by atoms with van der Waals surface area (Å²) in [7, 11) is 0. The first-order valence-corrected chi connectivity index (χ1v) is 7.12. The Balaban J connectivity index is 1.72. The fraction of sp³-hybridized carbons (Fsp3) is 0.214. The predicted octanol–water partition coefficient (Wildman–Crippen LogP) is 1.61. The van der Waals surface area contributed by atoms with Gasteiger partial charge in [-0.15, -0.1) is 11.3 Å². The minimum Gasteiger partial charge on any atom is -0.350 e. The molecule has 0 saturated heterocycles. The van der Waals surface area contributed by atoms with Crippen LogP contribution in [0.1, 0.15) is 26.4 Å². The summed E-state index contributed by atoms with van der Waals surface area (Å²) < 4.78 is 0. The Hall–Kier alpha value is -2.21. The van der Waals surface area contributed by atoms with Gasteiger partial charge in [-0.2, -0.15) is 0 Å². The lowest BCUT2D eigenvalue weighted by molar-refractivity contribution is 0.0925. The highest BCUT2D eigenvalue weighted by molar-refractivity contribution is 7.07. The van der Waals surface area contributed by atoms with Crippen molar-refractivity contribution in [3.05, 3.63) is 52.0 Å². The Labute approximate surface area is 121 Å². The summed E-state index contributed by atoms with van der Waals surface area (Å²) in [5, 5.41) is 7.12. The number of benzene rings is 1. The van der Waals surface area contributed by atoms with Gasteiger partial charge in [-0.1, -0.05) is 17.7 Å². The van der Waals surface area contributed by atoms with Gasteiger partial charge in [0.2, 0.25) is 0 Å². The average molecular weight is 289 g/mol. The van der Waals surface area contributed by atoms with Gasteiger partial charge in [-0.05, 0) is 19.1 Å². The van der Waals surface area contributed by atoms with Crippen molar-refractivity contribution < 1.29 is 9.59 Å². The molecule has 0 atom stereocenters. The molecule has 0 radical (unpaired) electrons. The Kier molecular flexibility index (Phi) is 4.84. The highest BCUT2D eigenvalue weighted by Gasteiger charge is 2.07. The van der Waals surface area contributed by atoms with E-state index in [1.165, 1.54) is 11.3 Å². The summed E-state index contributed by atoms with van der Waals surface area (Å²) >= 11 is 1.37. The van der Waals surface area contributed by atoms with Gasteiger partial charge < -0.3 is 10.6 Å². The molecule has 1 heterocycles. The van der Waals surface area contributed by atoms with Crippen LogP contribution >= 0.6 is 11.3 Å². The minimum atomic E-state index is -0.226. The number of amides is 2. The fourth-order valence-corrected chi connectivity index (χ4v) is 2.11. The third-order valence-corrected chi connectivity index (χ3v) is 3.26. The lowest BCUT2D eigenvalue weighted by Gasteiger charge is -2.06. The molecule has 0 aliphatic heterocycles. The van der Waals surface area contributed by atoms with E-state index in [4.69, 9.17) is 0 Å². The summed E-state index contributed by atoms with van der Waals surface area (Å²) in [6.45, 7) is 2.71. The van der Waals surface area contributed by atoms with Crippen molar-refractivity contribution in [2.45, 2.75) is 6.92 Å². The van der Waals surface area contributed by atoms with Crippen molar-refractivity contribution in [2.24, 2.45) is 0 Å². The number of aromatic nitrogens is 1. The maximum atomic E-state index is 11.8. The summed E-state index contributed by atoms with van der Waals surface area (Å²) in [5.41, 5.74) is 3.73. The van der Waals surface area contributed by atoms with Crippen LogP contribution in [0.2, 0.25) is 0 Å². The van der Waals surface area contributed by atoms with Crippen LogP contribution in [0.15, 0.2) is 35.2 Å². The van der Waals surface area contributed by atoms with Crippen molar-refractivity contribution in [1.82, 2.24) is 15.6 Å². The van der Waals surface area contributed by atoms with Gasteiger partial charge >= 0.3 is 0 Å². The second-order valence-electron chi connectivity index (χ2n) is 4.25. The van der Waals surface area contributed by atoms with Crippen LogP contribution in [0.3, 0.4) is 0 Å². The Bertz CT molecular complexity index is 579. The lowest BCUT2D eigenvalue weighted by Crippen LogP contribution is -2.34. The van der Waals surface area contributed by atoms with Crippen molar-refractivity contribution in [3.63, 3.8) is 0 Å². The van der Waals surface area contributed by atoms with E-state index in [0.717, 1.165) is 5.56 Å². The molecule has 104 valence electrons. The zero-order valence-corrected chi connectivity index (χ0v) is 11.9. The molecule has 0 unspecified atom stereocenters. The van der Waals surface area contributed by atoms with Crippen LogP contribution in [-0.4, -0.2) is 29.9 Å². The van der Waals surface area contributed by atoms with E-state index in [1.54, 1.807) is 23.0 Å². The average Bonchev–Trinajstić information content (AvgIpc) is 2.98. The third kappa shape index (κ3) is 3.89. The molecule has 1 aromatic heterocycles. The first kappa shape index (κ1) is 14.2. The maximum absolute atomic E-state index is 11.8. The number of nitrogens with one attached hydrogen (secondary N) is 2. The molecule has 0 aliphatic carbocycles. The number of rotatable bonds is 5. The SMILES string of the molecule is Cc1ccc(C(=O)NCCNC(=O)c2cscn2)cc1. The van der Waals surface area contributed by atoms with Gasteiger partial charge in [0.15, 0.2) is 0 Å². The highest BCUT2D eigenvalue weighted by atomic mass is 32.1. The van der Waals surface area contributed by atoms with Crippen molar-refractivity contribution in [2.75, 3.05) is 13.1 Å². The quantitative estimate of drug-likeness (QED) is 0.822. The molecule has 2 amide bonds. The normalized spacial score (nSPS) is 10.1. The topological polar surface area (TPSA) is 71.1 Å². The van der Waals surface area contributed by atoms with E-state index in [-0.39, 0.29) is 11.8 Å². The number of carbonyl (C=O) groups is 2. The van der Waals surface area contributed by atoms with E-state index in [0.29, 0.717) is 24.3 Å². The predicted molar refractivity (Wildman–Crippen MR) is 78.0 cm³/mol. The largest absolute Gasteiger partial charge is 0.350 e. The standard InChI is InChI=1S/C14H15N3O2S/c1-10-2-4-11(5-3-10)13(18)15-6-7-16-14(19)12-8-20-9-17-12/h2-5,8-9H,6-7H2,1H3,(H,15,18)(H,16,19). The van der Waals surface area contributed by atoms with Gasteiger partial charge in [-0.25, -0.2) is 4.98 Å². The van der Waals surface area contributed by atoms with E-state index in [2.05, 4.69) is 15.6 Å². The van der Waals surface area contributed by atoms with E-state index in [9.17, 15) is 9.59 Å². The van der Waals surface area contributed by atoms with Crippen LogP contribution in [0.5, 0.6) is 0 Å². The van der Waals surface area contributed by atoms with Crippen molar-refractivity contribution in [1.29, 1.82) is 0 Å². The van der Waals surface area contributed by atoms with Gasteiger partial charge in [0.1, 0.15) is 5.69 Å². The summed E-state index contributed by atoms with van der Waals surface area (Å²) in [6.07, 6.45) is 0. The van der Waals surface area contributed by atoms with Crippen LogP contribution < -0.4 is 10.6 Å². The Morgan fingerprint density at radius 2 is 1.75 bits per heavy atom. The molecule has 2 aromatic rings. The van der Waals surface area contributed by atoms with Crippen molar-refractivity contribution in [3.8, 4) is 0 Å². The summed E-state index contributed by atoms with van der Waals surface area (Å²) in [4.78, 5) is 27.3. The molecule has 2 N–H and O–H groups in total. The number of thiazole rings is 1. The molecule has 20 heavy (non-hydrogen) atoms. The number of carbonyl (C=O) groups excluding carboxylic acids is 2. The zero-order chi connectivity index (χ0) is 14.4. The minimum absolute atomic E-state index is 0.145. The molecular weight excluding hydrogens is 274 g/mol. The molecule has 0 spiro atoms. The van der Waals surface area contributed by atoms with Gasteiger partial charge in [-0.3, -0.25) is 9.59 Å². The maximum Gasteiger partial charge on any atom is 0.270 e. The van der Waals surface area contributed by atoms with Gasteiger partial charge in [0.25, 0.3) is 11.8 Å². The molecular formula is C14H15N3O2S. The first-order chi connectivity index (χ1) is 9.66. The molecule has 0 aliphatic rings. The zero-order valence-electron chi connectivity index (χ0n) is 11.1. The lowest BCUT2D eigenvalue weighted by atomic mass is 10.1. The number of hydrogen-bond donors (Lipinski definition) is 2. The first-order valence-electron chi connectivity index (χ1n) is 6.18. The molecule has 5 nitrogen and oxygen atoms in total. The molecule has 2 rings (SSSR count). The molecule has 1 aromatic carbocycles. The van der Waals surface area contributed by atoms with E-state index >= 15 is 0 Å². The van der Waals surface area contributed by atoms with Gasteiger partial charge in [0, 0.05) is 24.0 Å². The highest BCUT2D eigenvalue weighted by Crippen LogP contribution is 2.02. The second-order valence-corrected chi connectivity index (χ2v) is 4.97. The van der Waals surface area contributed by atoms with Crippen LogP contribution in [0.25, 0.3) is 0 Å². The number of aryl methyl sites for hydroxylation is 1. The summed E-state index contributed by atoms with van der Waals surface area (Å²) in [6, 6.07) is 7.33. The number of nitrogens with zero attached hydrogens (tertiary/aromatic N) is 1. The smallest absolute Gasteiger partial charge is 0.270 e. The van der Waals surface area contributed by atoms with E-state index < -0.39 is 0 Å².